The van der Waals surface area contributed by atoms with E-state index in [2.05, 4.69) is 0 Å². The number of phenols is 2. The molecule has 0 unspecified atom stereocenters. The highest BCUT2D eigenvalue weighted by molar-refractivity contribution is 5.89. The van der Waals surface area contributed by atoms with Crippen molar-refractivity contribution in [1.29, 1.82) is 0 Å². The van der Waals surface area contributed by atoms with Gasteiger partial charge in [0.15, 0.2) is 5.75 Å². The third-order valence-corrected chi connectivity index (χ3v) is 1.51. The zero-order chi connectivity index (χ0) is 12.9. The molecule has 0 spiro atoms. The van der Waals surface area contributed by atoms with Gasteiger partial charge >= 0.3 is 11.7 Å². The van der Waals surface area contributed by atoms with E-state index in [-0.39, 0.29) is 0 Å². The number of carboxylic acids is 1. The fraction of sp³-hybridized carbons (Fsp3) is 0.222. The van der Waals surface area contributed by atoms with Gasteiger partial charge in [0.25, 0.3) is 0 Å². The Labute approximate surface area is 90.7 Å². The lowest BCUT2D eigenvalue weighted by Crippen LogP contribution is -1.98. The molecule has 1 aromatic carbocycles. The van der Waals surface area contributed by atoms with E-state index in [0.717, 1.165) is 6.07 Å². The number of benzene rings is 1. The summed E-state index contributed by atoms with van der Waals surface area (Å²) in [5, 5.41) is 36.7. The number of nitrogens with zero attached hydrogens (tertiary/aromatic N) is 1. The molecule has 1 aromatic rings. The van der Waals surface area contributed by atoms with Crippen LogP contribution in [0.2, 0.25) is 0 Å². The third kappa shape index (κ3) is 2.84. The fourth-order valence-electron chi connectivity index (χ4n) is 0.867. The lowest BCUT2D eigenvalue weighted by molar-refractivity contribution is -0.386. The normalized spacial score (nSPS) is 8.88. The van der Waals surface area contributed by atoms with Crippen molar-refractivity contribution in [3.63, 3.8) is 0 Å². The van der Waals surface area contributed by atoms with Gasteiger partial charge in [0.2, 0.25) is 5.75 Å². The molecule has 0 atom stereocenters. The summed E-state index contributed by atoms with van der Waals surface area (Å²) in [5.41, 5.74) is -1.31. The quantitative estimate of drug-likeness (QED) is 0.403. The van der Waals surface area contributed by atoms with Gasteiger partial charge in [-0.15, -0.1) is 0 Å². The molecule has 0 heterocycles. The van der Waals surface area contributed by atoms with Crippen LogP contribution in [0.3, 0.4) is 0 Å². The summed E-state index contributed by atoms with van der Waals surface area (Å²) in [6.07, 6.45) is 0. The summed E-state index contributed by atoms with van der Waals surface area (Å²) in [7, 11) is 0. The minimum atomic E-state index is -1.43. The molecule has 88 valence electrons. The van der Waals surface area contributed by atoms with Crippen molar-refractivity contribution in [1.82, 2.24) is 0 Å². The predicted octanol–water partition coefficient (Wildman–Crippen LogP) is 1.73. The van der Waals surface area contributed by atoms with E-state index >= 15 is 0 Å². The Kier molecular flexibility index (Phi) is 4.74. The smallest absolute Gasteiger partial charge is 0.336 e. The lowest BCUT2D eigenvalue weighted by atomic mass is 10.1. The number of nitro groups is 1. The van der Waals surface area contributed by atoms with E-state index < -0.39 is 33.6 Å². The molecule has 0 saturated heterocycles. The molecule has 3 N–H and O–H groups in total. The summed E-state index contributed by atoms with van der Waals surface area (Å²) >= 11 is 0. The number of nitro benzene ring substituents is 1. The van der Waals surface area contributed by atoms with Crippen LogP contribution >= 0.6 is 0 Å². The zero-order valence-electron chi connectivity index (χ0n) is 8.67. The summed E-state index contributed by atoms with van der Waals surface area (Å²) in [6, 6.07) is 1.39. The Morgan fingerprint density at radius 1 is 1.31 bits per heavy atom. The molecule has 0 amide bonds. The number of carbonyl (C=O) groups is 1. The van der Waals surface area contributed by atoms with E-state index in [4.69, 9.17) is 15.3 Å². The van der Waals surface area contributed by atoms with Crippen LogP contribution in [0.4, 0.5) is 5.69 Å². The second kappa shape index (κ2) is 5.54. The van der Waals surface area contributed by atoms with Crippen molar-refractivity contribution in [2.45, 2.75) is 13.8 Å². The third-order valence-electron chi connectivity index (χ3n) is 1.51. The fourth-order valence-corrected chi connectivity index (χ4v) is 0.867. The standard InChI is InChI=1S/C7H5NO6.C2H6/c9-5-2-3(7(11)12)1-4(6(5)10)8(13)14;1-2/h1-2,9-10H,(H,11,12);1-2H3. The molecule has 0 aromatic heterocycles. The van der Waals surface area contributed by atoms with Crippen molar-refractivity contribution in [3.8, 4) is 11.5 Å². The topological polar surface area (TPSA) is 121 Å². The van der Waals surface area contributed by atoms with Crippen LogP contribution in [0.15, 0.2) is 12.1 Å². The van der Waals surface area contributed by atoms with Crippen LogP contribution in [-0.2, 0) is 0 Å². The Balaban J connectivity index is 0.00000106. The molecule has 0 aliphatic heterocycles. The molecule has 0 saturated carbocycles. The van der Waals surface area contributed by atoms with Gasteiger partial charge in [0, 0.05) is 6.07 Å². The Hall–Kier alpha value is -2.31. The molecule has 0 bridgehead atoms. The largest absolute Gasteiger partial charge is 0.504 e. The second-order valence-corrected chi connectivity index (χ2v) is 2.43. The van der Waals surface area contributed by atoms with E-state index in [1.165, 1.54) is 0 Å². The first-order valence-corrected chi connectivity index (χ1v) is 4.37. The monoisotopic (exact) mass is 229 g/mol. The number of aromatic carboxylic acids is 1. The van der Waals surface area contributed by atoms with Crippen molar-refractivity contribution in [3.05, 3.63) is 27.8 Å². The molecule has 7 heteroatoms. The number of carboxylic acid groups (broad SMARTS) is 1. The van der Waals surface area contributed by atoms with Crippen molar-refractivity contribution in [2.75, 3.05) is 0 Å². The molecule has 0 aliphatic rings. The van der Waals surface area contributed by atoms with Gasteiger partial charge in [0.1, 0.15) is 0 Å². The van der Waals surface area contributed by atoms with Gasteiger partial charge in [0.05, 0.1) is 10.5 Å². The highest BCUT2D eigenvalue weighted by atomic mass is 16.6. The number of hydrogen-bond donors (Lipinski definition) is 3. The van der Waals surface area contributed by atoms with Crippen molar-refractivity contribution < 1.29 is 25.0 Å². The van der Waals surface area contributed by atoms with E-state index in [0.29, 0.717) is 6.07 Å². The molecular formula is C9H11NO6. The minimum absolute atomic E-state index is 0.466. The lowest BCUT2D eigenvalue weighted by Gasteiger charge is -2.00. The highest BCUT2D eigenvalue weighted by Gasteiger charge is 2.20. The maximum atomic E-state index is 10.4. The van der Waals surface area contributed by atoms with E-state index in [9.17, 15) is 14.9 Å². The Morgan fingerprint density at radius 3 is 2.19 bits per heavy atom. The molecule has 0 aliphatic carbocycles. The molecule has 1 rings (SSSR count). The number of phenolic OH excluding ortho intramolecular Hbond substituents is 2. The van der Waals surface area contributed by atoms with Crippen molar-refractivity contribution in [2.24, 2.45) is 0 Å². The van der Waals surface area contributed by atoms with E-state index in [1.54, 1.807) is 0 Å². The first kappa shape index (κ1) is 13.7. The molecule has 0 fully saturated rings. The number of aromatic hydroxyl groups is 2. The van der Waals surface area contributed by atoms with Gasteiger partial charge in [-0.05, 0) is 6.07 Å². The van der Waals surface area contributed by atoms with Crippen LogP contribution in [0.25, 0.3) is 0 Å². The van der Waals surface area contributed by atoms with Crippen LogP contribution in [0.5, 0.6) is 11.5 Å². The average molecular weight is 229 g/mol. The first-order chi connectivity index (χ1) is 7.43. The summed E-state index contributed by atoms with van der Waals surface area (Å²) in [4.78, 5) is 19.7. The Morgan fingerprint density at radius 2 is 1.81 bits per heavy atom. The molecule has 16 heavy (non-hydrogen) atoms. The number of hydrogen-bond acceptors (Lipinski definition) is 5. The predicted molar refractivity (Wildman–Crippen MR) is 54.7 cm³/mol. The van der Waals surface area contributed by atoms with Gasteiger partial charge in [-0.3, -0.25) is 10.1 Å². The highest BCUT2D eigenvalue weighted by Crippen LogP contribution is 2.35. The van der Waals surface area contributed by atoms with Gasteiger partial charge in [-0.25, -0.2) is 4.79 Å². The van der Waals surface area contributed by atoms with Gasteiger partial charge in [-0.1, -0.05) is 13.8 Å². The summed E-state index contributed by atoms with van der Waals surface area (Å²) < 4.78 is 0. The summed E-state index contributed by atoms with van der Waals surface area (Å²) in [6.45, 7) is 4.00. The maximum Gasteiger partial charge on any atom is 0.336 e. The van der Waals surface area contributed by atoms with E-state index in [1.807, 2.05) is 13.8 Å². The molecule has 7 nitrogen and oxygen atoms in total. The van der Waals surface area contributed by atoms with Gasteiger partial charge in [-0.2, -0.15) is 0 Å². The van der Waals surface area contributed by atoms with Gasteiger partial charge < -0.3 is 15.3 Å². The minimum Gasteiger partial charge on any atom is -0.504 e. The van der Waals surface area contributed by atoms with Crippen LogP contribution in [-0.4, -0.2) is 26.2 Å². The summed E-state index contributed by atoms with van der Waals surface area (Å²) in [5.74, 6) is -3.21. The zero-order valence-corrected chi connectivity index (χ0v) is 8.67. The average Bonchev–Trinajstić information content (AvgIpc) is 2.24. The maximum absolute atomic E-state index is 10.4. The second-order valence-electron chi connectivity index (χ2n) is 2.43. The van der Waals surface area contributed by atoms with Crippen molar-refractivity contribution >= 4 is 11.7 Å². The first-order valence-electron chi connectivity index (χ1n) is 4.37. The van der Waals surface area contributed by atoms with Crippen LogP contribution < -0.4 is 0 Å². The number of rotatable bonds is 2. The Bertz CT molecular complexity index is 415. The van der Waals surface area contributed by atoms with Crippen LogP contribution in [0, 0.1) is 10.1 Å². The molecular weight excluding hydrogens is 218 g/mol. The molecule has 0 radical (unpaired) electrons. The SMILES string of the molecule is CC.O=C(O)c1cc(O)c(O)c([N+](=O)[O-])c1. The van der Waals surface area contributed by atoms with Crippen LogP contribution in [0.1, 0.15) is 24.2 Å².